The number of nitrogens with zero attached hydrogens (tertiary/aromatic N) is 1. The fourth-order valence-corrected chi connectivity index (χ4v) is 3.58. The average molecular weight is 348 g/mol. The number of hydrogen-bond donors (Lipinski definition) is 3. The lowest BCUT2D eigenvalue weighted by molar-refractivity contribution is 0.262. The van der Waals surface area contributed by atoms with Crippen molar-refractivity contribution in [2.24, 2.45) is 10.7 Å². The largest absolute Gasteiger partial charge is 0.493 e. The molecule has 0 aliphatic carbocycles. The van der Waals surface area contributed by atoms with Gasteiger partial charge in [0.15, 0.2) is 5.96 Å². The molecule has 5 nitrogen and oxygen atoms in total. The summed E-state index contributed by atoms with van der Waals surface area (Å²) in [6.07, 6.45) is 3.82. The Balaban J connectivity index is 1.41. The van der Waals surface area contributed by atoms with Gasteiger partial charge in [0.25, 0.3) is 0 Å². The molecule has 1 aliphatic rings. The molecule has 0 radical (unpaired) electrons. The Morgan fingerprint density at radius 1 is 1.27 bits per heavy atom. The van der Waals surface area contributed by atoms with E-state index in [-0.39, 0.29) is 6.04 Å². The van der Waals surface area contributed by atoms with Crippen molar-refractivity contribution in [2.45, 2.75) is 25.8 Å². The van der Waals surface area contributed by atoms with Gasteiger partial charge >= 0.3 is 0 Å². The molecular formula is C21H24N4O. The first kappa shape index (κ1) is 16.5. The summed E-state index contributed by atoms with van der Waals surface area (Å²) >= 11 is 0. The molecule has 0 amide bonds. The van der Waals surface area contributed by atoms with Crippen molar-refractivity contribution in [1.29, 1.82) is 0 Å². The fourth-order valence-electron chi connectivity index (χ4n) is 3.58. The Morgan fingerprint density at radius 3 is 3.08 bits per heavy atom. The van der Waals surface area contributed by atoms with Gasteiger partial charge in [-0.3, -0.25) is 4.99 Å². The zero-order chi connectivity index (χ0) is 17.9. The van der Waals surface area contributed by atoms with Crippen LogP contribution in [0, 0.1) is 6.92 Å². The number of guanidine groups is 1. The number of aromatic nitrogens is 1. The van der Waals surface area contributed by atoms with Gasteiger partial charge in [0, 0.05) is 35.6 Å². The first-order valence-corrected chi connectivity index (χ1v) is 9.06. The molecule has 134 valence electrons. The number of aromatic amines is 1. The van der Waals surface area contributed by atoms with E-state index < -0.39 is 0 Å². The molecule has 0 saturated heterocycles. The number of benzene rings is 2. The molecule has 26 heavy (non-hydrogen) atoms. The molecule has 0 fully saturated rings. The first-order chi connectivity index (χ1) is 12.7. The Bertz CT molecular complexity index is 944. The quantitative estimate of drug-likeness (QED) is 0.499. The molecular weight excluding hydrogens is 324 g/mol. The number of nitrogens with one attached hydrogen (secondary N) is 2. The van der Waals surface area contributed by atoms with Gasteiger partial charge in [0.05, 0.1) is 12.6 Å². The van der Waals surface area contributed by atoms with Gasteiger partial charge in [-0.2, -0.15) is 0 Å². The third-order valence-electron chi connectivity index (χ3n) is 4.95. The number of fused-ring (bicyclic) bond motifs is 2. The topological polar surface area (TPSA) is 75.4 Å². The summed E-state index contributed by atoms with van der Waals surface area (Å²) in [4.78, 5) is 7.89. The third kappa shape index (κ3) is 3.25. The van der Waals surface area contributed by atoms with Gasteiger partial charge in [-0.05, 0) is 30.5 Å². The molecule has 1 unspecified atom stereocenters. The van der Waals surface area contributed by atoms with Gasteiger partial charge < -0.3 is 20.8 Å². The van der Waals surface area contributed by atoms with E-state index in [2.05, 4.69) is 52.7 Å². The summed E-state index contributed by atoms with van der Waals surface area (Å²) in [5, 5.41) is 4.61. The monoisotopic (exact) mass is 348 g/mol. The molecule has 3 aromatic rings. The standard InChI is InChI=1S/C21H24N4O/c1-14-5-4-7-16-15(13-24-20(14)16)9-11-23-21(22)25-18-10-12-26-19-8-3-2-6-17(18)19/h2-8,13,18,24H,9-12H2,1H3,(H3,22,23,25). The SMILES string of the molecule is Cc1cccc2c(CCN=C(N)NC3CCOc4ccccc43)c[nH]c12. The number of H-pyrrole nitrogens is 1. The second-order valence-electron chi connectivity index (χ2n) is 6.70. The lowest BCUT2D eigenvalue weighted by Gasteiger charge is -2.26. The van der Waals surface area contributed by atoms with Crippen molar-refractivity contribution in [3.63, 3.8) is 0 Å². The highest BCUT2D eigenvalue weighted by molar-refractivity contribution is 5.86. The van der Waals surface area contributed by atoms with Crippen molar-refractivity contribution >= 4 is 16.9 Å². The molecule has 4 N–H and O–H groups in total. The number of hydrogen-bond acceptors (Lipinski definition) is 2. The van der Waals surface area contributed by atoms with Crippen LogP contribution < -0.4 is 15.8 Å². The van der Waals surface area contributed by atoms with Crippen molar-refractivity contribution in [3.8, 4) is 5.75 Å². The highest BCUT2D eigenvalue weighted by Gasteiger charge is 2.21. The molecule has 2 aromatic carbocycles. The summed E-state index contributed by atoms with van der Waals surface area (Å²) in [5.41, 5.74) is 11.0. The Kier molecular flexibility index (Phi) is 4.52. The van der Waals surface area contributed by atoms with Crippen molar-refractivity contribution in [3.05, 3.63) is 65.4 Å². The molecule has 4 rings (SSSR count). The van der Waals surface area contributed by atoms with Crippen LogP contribution in [-0.4, -0.2) is 24.1 Å². The van der Waals surface area contributed by atoms with Crippen molar-refractivity contribution < 1.29 is 4.74 Å². The predicted molar refractivity (Wildman–Crippen MR) is 106 cm³/mol. The molecule has 1 atom stereocenters. The second-order valence-corrected chi connectivity index (χ2v) is 6.70. The predicted octanol–water partition coefficient (Wildman–Crippen LogP) is 3.45. The van der Waals surface area contributed by atoms with Crippen LogP contribution in [0.15, 0.2) is 53.7 Å². The normalized spacial score (nSPS) is 17.0. The van der Waals surface area contributed by atoms with E-state index >= 15 is 0 Å². The number of aliphatic imine (C=N–C) groups is 1. The third-order valence-corrected chi connectivity index (χ3v) is 4.95. The highest BCUT2D eigenvalue weighted by Crippen LogP contribution is 2.31. The van der Waals surface area contributed by atoms with E-state index in [1.807, 2.05) is 18.2 Å². The maximum atomic E-state index is 6.13. The van der Waals surface area contributed by atoms with Crippen LogP contribution in [0.5, 0.6) is 5.75 Å². The van der Waals surface area contributed by atoms with Crippen LogP contribution in [0.2, 0.25) is 0 Å². The van der Waals surface area contributed by atoms with Crippen molar-refractivity contribution in [2.75, 3.05) is 13.2 Å². The zero-order valence-electron chi connectivity index (χ0n) is 15.0. The van der Waals surface area contributed by atoms with E-state index in [1.54, 1.807) is 0 Å². The van der Waals surface area contributed by atoms with E-state index in [1.165, 1.54) is 22.0 Å². The molecule has 1 aromatic heterocycles. The van der Waals surface area contributed by atoms with Gasteiger partial charge in [-0.1, -0.05) is 36.4 Å². The minimum Gasteiger partial charge on any atom is -0.493 e. The summed E-state index contributed by atoms with van der Waals surface area (Å²) in [6.45, 7) is 3.47. The van der Waals surface area contributed by atoms with Gasteiger partial charge in [-0.15, -0.1) is 0 Å². The van der Waals surface area contributed by atoms with E-state index in [4.69, 9.17) is 10.5 Å². The van der Waals surface area contributed by atoms with E-state index in [0.29, 0.717) is 19.1 Å². The number of nitrogens with two attached hydrogens (primary N) is 1. The Hall–Kier alpha value is -2.95. The summed E-state index contributed by atoms with van der Waals surface area (Å²) < 4.78 is 5.69. The van der Waals surface area contributed by atoms with E-state index in [9.17, 15) is 0 Å². The average Bonchev–Trinajstić information content (AvgIpc) is 3.07. The summed E-state index contributed by atoms with van der Waals surface area (Å²) in [6, 6.07) is 14.6. The zero-order valence-corrected chi connectivity index (χ0v) is 15.0. The van der Waals surface area contributed by atoms with Crippen LogP contribution in [0.1, 0.15) is 29.2 Å². The maximum Gasteiger partial charge on any atom is 0.189 e. The number of para-hydroxylation sites is 2. The van der Waals surface area contributed by atoms with Gasteiger partial charge in [0.2, 0.25) is 0 Å². The Morgan fingerprint density at radius 2 is 2.15 bits per heavy atom. The molecule has 0 saturated carbocycles. The molecule has 5 heteroatoms. The minimum atomic E-state index is 0.152. The lowest BCUT2D eigenvalue weighted by atomic mass is 10.0. The summed E-state index contributed by atoms with van der Waals surface area (Å²) in [5.74, 6) is 1.42. The molecule has 0 spiro atoms. The van der Waals surface area contributed by atoms with Gasteiger partial charge in [-0.25, -0.2) is 0 Å². The number of ether oxygens (including phenoxy) is 1. The molecule has 1 aliphatic heterocycles. The van der Waals surface area contributed by atoms with Crippen LogP contribution in [-0.2, 0) is 6.42 Å². The van der Waals surface area contributed by atoms with Crippen LogP contribution in [0.3, 0.4) is 0 Å². The van der Waals surface area contributed by atoms with Crippen LogP contribution in [0.4, 0.5) is 0 Å². The van der Waals surface area contributed by atoms with E-state index in [0.717, 1.165) is 24.2 Å². The van der Waals surface area contributed by atoms with Crippen LogP contribution in [0.25, 0.3) is 10.9 Å². The second kappa shape index (κ2) is 7.12. The number of rotatable bonds is 4. The van der Waals surface area contributed by atoms with Gasteiger partial charge in [0.1, 0.15) is 5.75 Å². The summed E-state index contributed by atoms with van der Waals surface area (Å²) in [7, 11) is 0. The maximum absolute atomic E-state index is 6.13. The lowest BCUT2D eigenvalue weighted by Crippen LogP contribution is -2.37. The Labute approximate surface area is 153 Å². The highest BCUT2D eigenvalue weighted by atomic mass is 16.5. The fraction of sp³-hybridized carbons (Fsp3) is 0.286. The van der Waals surface area contributed by atoms with Crippen molar-refractivity contribution in [1.82, 2.24) is 10.3 Å². The molecule has 0 bridgehead atoms. The van der Waals surface area contributed by atoms with Crippen LogP contribution >= 0.6 is 0 Å². The molecule has 2 heterocycles. The number of aryl methyl sites for hydroxylation is 1. The first-order valence-electron chi connectivity index (χ1n) is 9.06. The minimum absolute atomic E-state index is 0.152. The smallest absolute Gasteiger partial charge is 0.189 e.